The first kappa shape index (κ1) is 18.6. The molecule has 8 heteroatoms. The van der Waals surface area contributed by atoms with Crippen LogP contribution in [-0.4, -0.2) is 78.1 Å². The highest BCUT2D eigenvalue weighted by molar-refractivity contribution is 6.08. The van der Waals surface area contributed by atoms with E-state index < -0.39 is 0 Å². The number of carbonyl (C=O) groups is 2. The molecular formula is C20H26N6O2. The number of H-pyrrole nitrogens is 1. The first-order valence-electron chi connectivity index (χ1n) is 9.68. The van der Waals surface area contributed by atoms with Crippen molar-refractivity contribution in [2.75, 3.05) is 56.5 Å². The summed E-state index contributed by atoms with van der Waals surface area (Å²) in [5.74, 6) is 0.274. The predicted molar refractivity (Wildman–Crippen MR) is 108 cm³/mol. The SMILES string of the molecule is Cc1ccc(N2CCc3c(NC(=O)CN4CCN(C)CC4)n[nH]c3C2=O)cc1. The molecule has 2 amide bonds. The highest BCUT2D eigenvalue weighted by Gasteiger charge is 2.30. The van der Waals surface area contributed by atoms with Crippen LogP contribution in [0.25, 0.3) is 0 Å². The van der Waals surface area contributed by atoms with E-state index in [0.717, 1.165) is 43.0 Å². The molecule has 0 bridgehead atoms. The average molecular weight is 382 g/mol. The minimum Gasteiger partial charge on any atom is -0.308 e. The Morgan fingerprint density at radius 2 is 1.86 bits per heavy atom. The summed E-state index contributed by atoms with van der Waals surface area (Å²) in [4.78, 5) is 31.4. The van der Waals surface area contributed by atoms with Gasteiger partial charge in [0.15, 0.2) is 5.82 Å². The second-order valence-electron chi connectivity index (χ2n) is 7.60. The van der Waals surface area contributed by atoms with Crippen LogP contribution in [0.4, 0.5) is 11.5 Å². The second kappa shape index (κ2) is 7.73. The van der Waals surface area contributed by atoms with Gasteiger partial charge in [-0.05, 0) is 32.5 Å². The molecule has 0 atom stereocenters. The molecule has 3 heterocycles. The fraction of sp³-hybridized carbons (Fsp3) is 0.450. The first-order valence-corrected chi connectivity index (χ1v) is 9.68. The summed E-state index contributed by atoms with van der Waals surface area (Å²) >= 11 is 0. The molecule has 4 rings (SSSR count). The summed E-state index contributed by atoms with van der Waals surface area (Å²) in [7, 11) is 2.09. The fourth-order valence-electron chi connectivity index (χ4n) is 3.70. The molecule has 1 fully saturated rings. The summed E-state index contributed by atoms with van der Waals surface area (Å²) < 4.78 is 0. The van der Waals surface area contributed by atoms with Crippen molar-refractivity contribution in [2.24, 2.45) is 0 Å². The molecule has 0 unspecified atom stereocenters. The molecule has 0 radical (unpaired) electrons. The Hall–Kier alpha value is -2.71. The zero-order valence-electron chi connectivity index (χ0n) is 16.4. The number of aromatic nitrogens is 2. The van der Waals surface area contributed by atoms with Crippen LogP contribution < -0.4 is 10.2 Å². The lowest BCUT2D eigenvalue weighted by Gasteiger charge is -2.31. The van der Waals surface area contributed by atoms with Crippen LogP contribution in [0.1, 0.15) is 21.6 Å². The monoisotopic (exact) mass is 382 g/mol. The van der Waals surface area contributed by atoms with Crippen molar-refractivity contribution in [3.05, 3.63) is 41.1 Å². The van der Waals surface area contributed by atoms with Crippen LogP contribution in [0, 0.1) is 6.92 Å². The highest BCUT2D eigenvalue weighted by Crippen LogP contribution is 2.27. The molecule has 2 N–H and O–H groups in total. The molecule has 0 spiro atoms. The van der Waals surface area contributed by atoms with E-state index in [0.29, 0.717) is 31.0 Å². The lowest BCUT2D eigenvalue weighted by Crippen LogP contribution is -2.47. The summed E-state index contributed by atoms with van der Waals surface area (Å²) in [5.41, 5.74) is 3.28. The third-order valence-electron chi connectivity index (χ3n) is 5.48. The highest BCUT2D eigenvalue weighted by atomic mass is 16.2. The molecule has 0 saturated carbocycles. The van der Waals surface area contributed by atoms with Crippen molar-refractivity contribution in [3.8, 4) is 0 Å². The van der Waals surface area contributed by atoms with E-state index in [1.54, 1.807) is 4.90 Å². The Labute approximate surface area is 164 Å². The van der Waals surface area contributed by atoms with Gasteiger partial charge in [0.1, 0.15) is 5.69 Å². The molecule has 2 aliphatic rings. The van der Waals surface area contributed by atoms with E-state index >= 15 is 0 Å². The maximum atomic E-state index is 12.9. The Kier molecular flexibility index (Phi) is 5.15. The Morgan fingerprint density at radius 1 is 1.14 bits per heavy atom. The van der Waals surface area contributed by atoms with Gasteiger partial charge in [0, 0.05) is 44.0 Å². The number of benzene rings is 1. The number of nitrogens with zero attached hydrogens (tertiary/aromatic N) is 4. The Morgan fingerprint density at radius 3 is 2.57 bits per heavy atom. The van der Waals surface area contributed by atoms with Crippen LogP contribution in [0.3, 0.4) is 0 Å². The van der Waals surface area contributed by atoms with Gasteiger partial charge in [-0.3, -0.25) is 19.6 Å². The number of carbonyl (C=O) groups excluding carboxylic acids is 2. The van der Waals surface area contributed by atoms with Crippen molar-refractivity contribution in [1.29, 1.82) is 0 Å². The normalized spacial score (nSPS) is 18.2. The standard InChI is InChI=1S/C20H26N6O2/c1-14-3-5-15(6-4-14)26-8-7-16-18(20(26)28)22-23-19(16)21-17(27)13-25-11-9-24(2)10-12-25/h3-6H,7-13H2,1-2H3,(H2,21,22,23,27). The molecule has 0 aliphatic carbocycles. The van der Waals surface area contributed by atoms with E-state index in [2.05, 4.69) is 32.4 Å². The van der Waals surface area contributed by atoms with Crippen molar-refractivity contribution >= 4 is 23.3 Å². The van der Waals surface area contributed by atoms with Gasteiger partial charge in [-0.15, -0.1) is 0 Å². The first-order chi connectivity index (χ1) is 13.5. The second-order valence-corrected chi connectivity index (χ2v) is 7.60. The van der Waals surface area contributed by atoms with Gasteiger partial charge in [0.05, 0.1) is 6.54 Å². The van der Waals surface area contributed by atoms with Crippen molar-refractivity contribution in [1.82, 2.24) is 20.0 Å². The summed E-state index contributed by atoms with van der Waals surface area (Å²) in [6, 6.07) is 7.89. The number of amides is 2. The van der Waals surface area contributed by atoms with Crippen LogP contribution in [0.5, 0.6) is 0 Å². The summed E-state index contributed by atoms with van der Waals surface area (Å²) in [6.07, 6.45) is 0.648. The van der Waals surface area contributed by atoms with E-state index in [9.17, 15) is 9.59 Å². The number of piperazine rings is 1. The number of likely N-dealkylation sites (N-methyl/N-ethyl adjacent to an activating group) is 1. The van der Waals surface area contributed by atoms with E-state index in [1.807, 2.05) is 31.2 Å². The zero-order valence-corrected chi connectivity index (χ0v) is 16.4. The average Bonchev–Trinajstić information content (AvgIpc) is 3.08. The molecule has 1 aromatic heterocycles. The quantitative estimate of drug-likeness (QED) is 0.828. The van der Waals surface area contributed by atoms with Crippen LogP contribution >= 0.6 is 0 Å². The largest absolute Gasteiger partial charge is 0.308 e. The van der Waals surface area contributed by atoms with Gasteiger partial charge in [0.2, 0.25) is 5.91 Å². The zero-order chi connectivity index (χ0) is 19.7. The molecule has 28 heavy (non-hydrogen) atoms. The van der Waals surface area contributed by atoms with Gasteiger partial charge in [-0.2, -0.15) is 5.10 Å². The number of rotatable bonds is 4. The minimum absolute atomic E-state index is 0.0905. The minimum atomic E-state index is -0.114. The third-order valence-corrected chi connectivity index (χ3v) is 5.48. The van der Waals surface area contributed by atoms with Gasteiger partial charge in [0.25, 0.3) is 5.91 Å². The van der Waals surface area contributed by atoms with Gasteiger partial charge in [-0.1, -0.05) is 17.7 Å². The number of hydrogen-bond acceptors (Lipinski definition) is 5. The van der Waals surface area contributed by atoms with Crippen molar-refractivity contribution < 1.29 is 9.59 Å². The molecule has 8 nitrogen and oxygen atoms in total. The number of fused-ring (bicyclic) bond motifs is 1. The number of hydrogen-bond donors (Lipinski definition) is 2. The molecule has 148 valence electrons. The number of aryl methyl sites for hydroxylation is 1. The summed E-state index contributed by atoms with van der Waals surface area (Å²) in [5, 5.41) is 9.91. The van der Waals surface area contributed by atoms with Crippen molar-refractivity contribution in [2.45, 2.75) is 13.3 Å². The van der Waals surface area contributed by atoms with E-state index in [1.165, 1.54) is 0 Å². The molecule has 1 saturated heterocycles. The maximum Gasteiger partial charge on any atom is 0.276 e. The lowest BCUT2D eigenvalue weighted by atomic mass is 10.0. The third kappa shape index (κ3) is 3.79. The number of anilines is 2. The molecule has 2 aromatic rings. The van der Waals surface area contributed by atoms with Gasteiger partial charge >= 0.3 is 0 Å². The topological polar surface area (TPSA) is 84.6 Å². The van der Waals surface area contributed by atoms with Crippen LogP contribution in [0.2, 0.25) is 0 Å². The molecule has 2 aliphatic heterocycles. The lowest BCUT2D eigenvalue weighted by molar-refractivity contribution is -0.117. The van der Waals surface area contributed by atoms with Crippen LogP contribution in [0.15, 0.2) is 24.3 Å². The van der Waals surface area contributed by atoms with Gasteiger partial charge < -0.3 is 15.1 Å². The maximum absolute atomic E-state index is 12.9. The van der Waals surface area contributed by atoms with Crippen molar-refractivity contribution in [3.63, 3.8) is 0 Å². The Bertz CT molecular complexity index is 867. The Balaban J connectivity index is 1.42. The number of nitrogens with one attached hydrogen (secondary N) is 2. The molecular weight excluding hydrogens is 356 g/mol. The van der Waals surface area contributed by atoms with Crippen LogP contribution in [-0.2, 0) is 11.2 Å². The smallest absolute Gasteiger partial charge is 0.276 e. The van der Waals surface area contributed by atoms with E-state index in [4.69, 9.17) is 0 Å². The van der Waals surface area contributed by atoms with E-state index in [-0.39, 0.29) is 11.8 Å². The number of aromatic amines is 1. The fourth-order valence-corrected chi connectivity index (χ4v) is 3.70. The van der Waals surface area contributed by atoms with Gasteiger partial charge in [-0.25, -0.2) is 0 Å². The summed E-state index contributed by atoms with van der Waals surface area (Å²) in [6.45, 7) is 6.63. The predicted octanol–water partition coefficient (Wildman–Crippen LogP) is 1.11. The molecule has 1 aromatic carbocycles.